The smallest absolute Gasteiger partial charge is 0.421 e. The average Bonchev–Trinajstić information content (AvgIpc) is 2.72. The minimum Gasteiger partial charge on any atom is -0.465 e. The van der Waals surface area contributed by atoms with E-state index in [4.69, 9.17) is 0 Å². The normalized spacial score (nSPS) is 10.0. The van der Waals surface area contributed by atoms with Gasteiger partial charge in [-0.15, -0.1) is 0 Å². The number of non-ortho nitro benzene ring substituents is 2. The molecule has 2 aromatic carbocycles. The molecule has 0 atom stereocenters. The second-order valence-electron chi connectivity index (χ2n) is 5.40. The van der Waals surface area contributed by atoms with E-state index in [1.54, 1.807) is 0 Å². The number of ether oxygens (including phenoxy) is 2. The van der Waals surface area contributed by atoms with E-state index >= 15 is 0 Å². The molecule has 2 amide bonds. The first-order valence-electron chi connectivity index (χ1n) is 7.74. The molecular weight excluding hydrogens is 390 g/mol. The molecule has 150 valence electrons. The maximum atomic E-state index is 12.9. The summed E-state index contributed by atoms with van der Waals surface area (Å²) >= 11 is 0. The molecule has 0 aromatic heterocycles. The van der Waals surface area contributed by atoms with Crippen molar-refractivity contribution in [3.63, 3.8) is 0 Å². The van der Waals surface area contributed by atoms with Gasteiger partial charge in [0, 0.05) is 29.8 Å². The second-order valence-corrected chi connectivity index (χ2v) is 5.40. The van der Waals surface area contributed by atoms with Crippen LogP contribution in [0.5, 0.6) is 0 Å². The van der Waals surface area contributed by atoms with Crippen LogP contribution in [0.25, 0.3) is 0 Å². The fourth-order valence-corrected chi connectivity index (χ4v) is 2.35. The SMILES string of the molecule is COC(=O)c1cc(C(=O)N(C(=O)OC)c2cccc([N+](=O)[O-])c2)cc([N+](=O)[O-])c1. The van der Waals surface area contributed by atoms with Crippen LogP contribution in [0.2, 0.25) is 0 Å². The van der Waals surface area contributed by atoms with Gasteiger partial charge in [0.1, 0.15) is 0 Å². The lowest BCUT2D eigenvalue weighted by Crippen LogP contribution is -2.37. The predicted molar refractivity (Wildman–Crippen MR) is 96.7 cm³/mol. The molecule has 0 aliphatic carbocycles. The highest BCUT2D eigenvalue weighted by Gasteiger charge is 2.29. The zero-order valence-corrected chi connectivity index (χ0v) is 15.1. The summed E-state index contributed by atoms with van der Waals surface area (Å²) in [6.45, 7) is 0. The third-order valence-corrected chi connectivity index (χ3v) is 3.66. The van der Waals surface area contributed by atoms with Gasteiger partial charge in [-0.05, 0) is 12.1 Å². The Labute approximate surface area is 162 Å². The van der Waals surface area contributed by atoms with E-state index in [1.165, 1.54) is 12.1 Å². The number of rotatable bonds is 5. The zero-order valence-electron chi connectivity index (χ0n) is 15.1. The number of hydrogen-bond acceptors (Lipinski definition) is 9. The molecular formula is C17H13N3O9. The van der Waals surface area contributed by atoms with Crippen LogP contribution in [-0.2, 0) is 9.47 Å². The van der Waals surface area contributed by atoms with E-state index in [-0.39, 0.29) is 11.3 Å². The zero-order chi connectivity index (χ0) is 21.7. The summed E-state index contributed by atoms with van der Waals surface area (Å²) in [6.07, 6.45) is -1.19. The van der Waals surface area contributed by atoms with Gasteiger partial charge in [-0.2, -0.15) is 0 Å². The van der Waals surface area contributed by atoms with Gasteiger partial charge in [0.25, 0.3) is 17.3 Å². The first kappa shape index (κ1) is 21.0. The standard InChI is InChI=1S/C17H13N3O9/c1-28-16(22)11-6-10(7-14(8-11)20(26)27)15(21)18(17(23)29-2)12-4-3-5-13(9-12)19(24)25/h3-9H,1-2H3. The molecule has 0 aliphatic rings. The maximum absolute atomic E-state index is 12.9. The van der Waals surface area contributed by atoms with E-state index in [0.29, 0.717) is 4.90 Å². The van der Waals surface area contributed by atoms with Gasteiger partial charge < -0.3 is 9.47 Å². The van der Waals surface area contributed by atoms with Crippen LogP contribution in [0.4, 0.5) is 21.9 Å². The second kappa shape index (κ2) is 8.56. The van der Waals surface area contributed by atoms with Crippen LogP contribution in [0, 0.1) is 20.2 Å². The van der Waals surface area contributed by atoms with E-state index in [0.717, 1.165) is 44.6 Å². The van der Waals surface area contributed by atoms with Crippen LogP contribution < -0.4 is 4.90 Å². The van der Waals surface area contributed by atoms with Gasteiger partial charge >= 0.3 is 12.1 Å². The summed E-state index contributed by atoms with van der Waals surface area (Å²) < 4.78 is 9.07. The molecule has 0 saturated heterocycles. The minimum atomic E-state index is -1.19. The Morgan fingerprint density at radius 3 is 2.03 bits per heavy atom. The molecule has 0 heterocycles. The molecule has 0 radical (unpaired) electrons. The van der Waals surface area contributed by atoms with Gasteiger partial charge in [0.2, 0.25) is 0 Å². The Kier molecular flexibility index (Phi) is 6.19. The van der Waals surface area contributed by atoms with E-state index in [1.807, 2.05) is 0 Å². The van der Waals surface area contributed by atoms with E-state index in [2.05, 4.69) is 9.47 Å². The number of methoxy groups -OCH3 is 2. The summed E-state index contributed by atoms with van der Waals surface area (Å²) in [4.78, 5) is 57.9. The topological polar surface area (TPSA) is 159 Å². The molecule has 2 rings (SSSR count). The van der Waals surface area contributed by atoms with Crippen molar-refractivity contribution in [3.05, 3.63) is 73.8 Å². The number of nitro groups is 2. The summed E-state index contributed by atoms with van der Waals surface area (Å²) in [5.74, 6) is -2.05. The number of imide groups is 1. The molecule has 0 N–H and O–H groups in total. The van der Waals surface area contributed by atoms with Crippen molar-refractivity contribution in [1.82, 2.24) is 0 Å². The summed E-state index contributed by atoms with van der Waals surface area (Å²) in [7, 11) is 2.03. The van der Waals surface area contributed by atoms with Crippen LogP contribution in [0.15, 0.2) is 42.5 Å². The number of carbonyl (C=O) groups is 3. The largest absolute Gasteiger partial charge is 0.465 e. The molecule has 12 heteroatoms. The van der Waals surface area contributed by atoms with Gasteiger partial charge in [-0.1, -0.05) is 6.07 Å². The van der Waals surface area contributed by atoms with Crippen molar-refractivity contribution < 1.29 is 33.7 Å². The maximum Gasteiger partial charge on any atom is 0.421 e. The molecule has 0 unspecified atom stereocenters. The fraction of sp³-hybridized carbons (Fsp3) is 0.118. The number of hydrogen-bond donors (Lipinski definition) is 0. The van der Waals surface area contributed by atoms with Crippen molar-refractivity contribution in [2.75, 3.05) is 19.1 Å². The number of esters is 1. The van der Waals surface area contributed by atoms with Gasteiger partial charge in [0.15, 0.2) is 0 Å². The number of nitro benzene ring substituents is 2. The Hall–Kier alpha value is -4.35. The number of benzene rings is 2. The van der Waals surface area contributed by atoms with Crippen molar-refractivity contribution in [1.29, 1.82) is 0 Å². The minimum absolute atomic E-state index is 0.206. The molecule has 12 nitrogen and oxygen atoms in total. The monoisotopic (exact) mass is 403 g/mol. The van der Waals surface area contributed by atoms with Crippen molar-refractivity contribution >= 4 is 35.0 Å². The molecule has 0 aliphatic heterocycles. The molecule has 29 heavy (non-hydrogen) atoms. The number of amides is 2. The summed E-state index contributed by atoms with van der Waals surface area (Å²) in [5.41, 5.74) is -1.91. The fourth-order valence-electron chi connectivity index (χ4n) is 2.35. The Balaban J connectivity index is 2.63. The Morgan fingerprint density at radius 1 is 0.862 bits per heavy atom. The lowest BCUT2D eigenvalue weighted by molar-refractivity contribution is -0.385. The lowest BCUT2D eigenvalue weighted by atomic mass is 10.1. The van der Waals surface area contributed by atoms with Crippen molar-refractivity contribution in [3.8, 4) is 0 Å². The van der Waals surface area contributed by atoms with Crippen molar-refractivity contribution in [2.45, 2.75) is 0 Å². The molecule has 2 aromatic rings. The molecule has 0 bridgehead atoms. The quantitative estimate of drug-likeness (QED) is 0.415. The van der Waals surface area contributed by atoms with Crippen molar-refractivity contribution in [2.24, 2.45) is 0 Å². The third kappa shape index (κ3) is 4.50. The van der Waals surface area contributed by atoms with Gasteiger partial charge in [-0.25, -0.2) is 14.5 Å². The summed E-state index contributed by atoms with van der Waals surface area (Å²) in [6, 6.07) is 7.32. The first-order valence-corrected chi connectivity index (χ1v) is 7.74. The van der Waals surface area contributed by atoms with Gasteiger partial charge in [-0.3, -0.25) is 25.0 Å². The highest BCUT2D eigenvalue weighted by atomic mass is 16.6. The molecule has 0 fully saturated rings. The third-order valence-electron chi connectivity index (χ3n) is 3.66. The highest BCUT2D eigenvalue weighted by Crippen LogP contribution is 2.26. The average molecular weight is 403 g/mol. The highest BCUT2D eigenvalue weighted by molar-refractivity contribution is 6.19. The number of anilines is 1. The number of nitrogens with zero attached hydrogens (tertiary/aromatic N) is 3. The van der Waals surface area contributed by atoms with E-state index < -0.39 is 44.8 Å². The summed E-state index contributed by atoms with van der Waals surface area (Å²) in [5, 5.41) is 22.1. The van der Waals surface area contributed by atoms with Crippen LogP contribution in [0.1, 0.15) is 20.7 Å². The first-order chi connectivity index (χ1) is 13.7. The van der Waals surface area contributed by atoms with E-state index in [9.17, 15) is 34.6 Å². The van der Waals surface area contributed by atoms with Crippen LogP contribution in [-0.4, -0.2) is 42.0 Å². The lowest BCUT2D eigenvalue weighted by Gasteiger charge is -2.19. The molecule has 0 saturated carbocycles. The Morgan fingerprint density at radius 2 is 1.48 bits per heavy atom. The Bertz CT molecular complexity index is 1020. The van der Waals surface area contributed by atoms with Crippen LogP contribution >= 0.6 is 0 Å². The van der Waals surface area contributed by atoms with Crippen LogP contribution in [0.3, 0.4) is 0 Å². The predicted octanol–water partition coefficient (Wildman–Crippen LogP) is 2.70. The van der Waals surface area contributed by atoms with Gasteiger partial charge in [0.05, 0.1) is 35.3 Å². The number of carbonyl (C=O) groups excluding carboxylic acids is 3. The molecule has 0 spiro atoms.